The molecular formula is C13H19N3OS. The number of carbonyl (C=O) groups excluding carboxylic acids is 1. The molecule has 1 fully saturated rings. The van der Waals surface area contributed by atoms with Gasteiger partial charge in [0.25, 0.3) is 5.91 Å². The Balaban J connectivity index is 2.23. The Labute approximate surface area is 112 Å². The predicted octanol–water partition coefficient (Wildman–Crippen LogP) is 1.57. The molecule has 1 aromatic rings. The van der Waals surface area contributed by atoms with Crippen LogP contribution in [0.5, 0.6) is 0 Å². The summed E-state index contributed by atoms with van der Waals surface area (Å²) in [4.78, 5) is 14.1. The number of nitrogens with zero attached hydrogens (tertiary/aromatic N) is 1. The Kier molecular flexibility index (Phi) is 4.36. The molecule has 3 N–H and O–H groups in total. The first kappa shape index (κ1) is 13.1. The minimum absolute atomic E-state index is 0.0369. The van der Waals surface area contributed by atoms with E-state index in [1.807, 2.05) is 30.8 Å². The zero-order valence-corrected chi connectivity index (χ0v) is 11.4. The maximum Gasteiger partial charge on any atom is 0.251 e. The first-order chi connectivity index (χ1) is 8.72. The lowest BCUT2D eigenvalue weighted by atomic mass is 10.1. The molecular weight excluding hydrogens is 246 g/mol. The van der Waals surface area contributed by atoms with Gasteiger partial charge < -0.3 is 16.0 Å². The van der Waals surface area contributed by atoms with Gasteiger partial charge in [-0.15, -0.1) is 0 Å². The predicted molar refractivity (Wildman–Crippen MR) is 78.4 cm³/mol. The van der Waals surface area contributed by atoms with Gasteiger partial charge in [-0.05, 0) is 25.1 Å². The van der Waals surface area contributed by atoms with Crippen LogP contribution in [0.15, 0.2) is 18.2 Å². The van der Waals surface area contributed by atoms with Gasteiger partial charge in [0.2, 0.25) is 0 Å². The third kappa shape index (κ3) is 2.90. The fourth-order valence-electron chi connectivity index (χ4n) is 2.03. The molecule has 0 bridgehead atoms. The van der Waals surface area contributed by atoms with Crippen molar-refractivity contribution in [1.29, 1.82) is 0 Å². The van der Waals surface area contributed by atoms with E-state index in [1.54, 1.807) is 6.07 Å². The molecule has 0 atom stereocenters. The standard InChI is InChI=1S/C13H19N3OS/c1-2-15-13(17)10-3-4-11(14)12(9-10)16-5-7-18-8-6-16/h3-4,9H,2,5-8,14H2,1H3,(H,15,17). The fraction of sp³-hybridized carbons (Fsp3) is 0.462. The quantitative estimate of drug-likeness (QED) is 0.815. The van der Waals surface area contributed by atoms with Crippen LogP contribution >= 0.6 is 11.8 Å². The molecule has 1 aliphatic heterocycles. The summed E-state index contributed by atoms with van der Waals surface area (Å²) in [6.45, 7) is 4.54. The number of nitrogens with two attached hydrogens (primary N) is 1. The van der Waals surface area contributed by atoms with Crippen LogP contribution in [0, 0.1) is 0 Å². The van der Waals surface area contributed by atoms with E-state index in [1.165, 1.54) is 0 Å². The molecule has 0 spiro atoms. The summed E-state index contributed by atoms with van der Waals surface area (Å²) in [5.74, 6) is 2.19. The second-order valence-corrected chi connectivity index (χ2v) is 5.46. The van der Waals surface area contributed by atoms with Crippen molar-refractivity contribution >= 4 is 29.0 Å². The van der Waals surface area contributed by atoms with E-state index in [-0.39, 0.29) is 5.91 Å². The van der Waals surface area contributed by atoms with Crippen molar-refractivity contribution in [2.45, 2.75) is 6.92 Å². The van der Waals surface area contributed by atoms with Gasteiger partial charge in [0.1, 0.15) is 0 Å². The first-order valence-electron chi connectivity index (χ1n) is 6.22. The number of thioether (sulfide) groups is 1. The number of rotatable bonds is 3. The fourth-order valence-corrected chi connectivity index (χ4v) is 2.93. The highest BCUT2D eigenvalue weighted by Crippen LogP contribution is 2.27. The van der Waals surface area contributed by atoms with Crippen molar-refractivity contribution in [2.24, 2.45) is 0 Å². The average molecular weight is 265 g/mol. The van der Waals surface area contributed by atoms with Gasteiger partial charge >= 0.3 is 0 Å². The molecule has 4 nitrogen and oxygen atoms in total. The number of hydrogen-bond acceptors (Lipinski definition) is 4. The van der Waals surface area contributed by atoms with Crippen LogP contribution in [0.3, 0.4) is 0 Å². The second kappa shape index (κ2) is 6.00. The number of nitrogen functional groups attached to an aromatic ring is 1. The third-order valence-electron chi connectivity index (χ3n) is 2.98. The highest BCUT2D eigenvalue weighted by Gasteiger charge is 2.15. The number of nitrogens with one attached hydrogen (secondary N) is 1. The molecule has 0 unspecified atom stereocenters. The average Bonchev–Trinajstić information content (AvgIpc) is 2.40. The van der Waals surface area contributed by atoms with Crippen LogP contribution in [-0.4, -0.2) is 37.0 Å². The normalized spacial score (nSPS) is 15.5. The van der Waals surface area contributed by atoms with Crippen molar-refractivity contribution in [2.75, 3.05) is 41.8 Å². The van der Waals surface area contributed by atoms with Crippen molar-refractivity contribution in [3.63, 3.8) is 0 Å². The van der Waals surface area contributed by atoms with Gasteiger partial charge in [-0.3, -0.25) is 4.79 Å². The molecule has 5 heteroatoms. The van der Waals surface area contributed by atoms with Gasteiger partial charge in [-0.1, -0.05) is 0 Å². The number of amides is 1. The zero-order chi connectivity index (χ0) is 13.0. The number of benzene rings is 1. The van der Waals surface area contributed by atoms with E-state index in [0.29, 0.717) is 12.1 Å². The van der Waals surface area contributed by atoms with Crippen LogP contribution in [0.4, 0.5) is 11.4 Å². The van der Waals surface area contributed by atoms with E-state index in [0.717, 1.165) is 36.0 Å². The van der Waals surface area contributed by atoms with Crippen molar-refractivity contribution in [3.8, 4) is 0 Å². The molecule has 2 rings (SSSR count). The summed E-state index contributed by atoms with van der Waals surface area (Å²) in [5, 5.41) is 2.81. The van der Waals surface area contributed by atoms with Gasteiger partial charge in [-0.2, -0.15) is 11.8 Å². The first-order valence-corrected chi connectivity index (χ1v) is 7.38. The van der Waals surface area contributed by atoms with Crippen LogP contribution in [0.25, 0.3) is 0 Å². The van der Waals surface area contributed by atoms with Crippen molar-refractivity contribution in [3.05, 3.63) is 23.8 Å². The largest absolute Gasteiger partial charge is 0.397 e. The summed E-state index contributed by atoms with van der Waals surface area (Å²) >= 11 is 1.96. The molecule has 1 aliphatic rings. The lowest BCUT2D eigenvalue weighted by molar-refractivity contribution is 0.0956. The van der Waals surface area contributed by atoms with Crippen LogP contribution in [0.1, 0.15) is 17.3 Å². The molecule has 0 aromatic heterocycles. The Morgan fingerprint density at radius 1 is 1.44 bits per heavy atom. The van der Waals surface area contributed by atoms with E-state index in [9.17, 15) is 4.79 Å². The van der Waals surface area contributed by atoms with Gasteiger partial charge in [0.05, 0.1) is 11.4 Å². The monoisotopic (exact) mass is 265 g/mol. The Morgan fingerprint density at radius 3 is 2.83 bits per heavy atom. The van der Waals surface area contributed by atoms with Crippen LogP contribution in [0.2, 0.25) is 0 Å². The summed E-state index contributed by atoms with van der Waals surface area (Å²) in [7, 11) is 0. The molecule has 0 aliphatic carbocycles. The minimum atomic E-state index is -0.0369. The molecule has 0 saturated carbocycles. The second-order valence-electron chi connectivity index (χ2n) is 4.23. The summed E-state index contributed by atoms with van der Waals surface area (Å²) in [6.07, 6.45) is 0. The number of anilines is 2. The smallest absolute Gasteiger partial charge is 0.251 e. The topological polar surface area (TPSA) is 58.4 Å². The summed E-state index contributed by atoms with van der Waals surface area (Å²) in [6, 6.07) is 5.50. The number of carbonyl (C=O) groups is 1. The highest BCUT2D eigenvalue weighted by molar-refractivity contribution is 7.99. The van der Waals surface area contributed by atoms with Crippen molar-refractivity contribution < 1.29 is 4.79 Å². The highest BCUT2D eigenvalue weighted by atomic mass is 32.2. The lowest BCUT2D eigenvalue weighted by Crippen LogP contribution is -2.33. The maximum atomic E-state index is 11.8. The molecule has 1 aromatic carbocycles. The molecule has 98 valence electrons. The van der Waals surface area contributed by atoms with Gasteiger partial charge in [0, 0.05) is 36.7 Å². The van der Waals surface area contributed by atoms with Crippen LogP contribution in [-0.2, 0) is 0 Å². The molecule has 1 saturated heterocycles. The van der Waals surface area contributed by atoms with E-state index < -0.39 is 0 Å². The van der Waals surface area contributed by atoms with E-state index in [4.69, 9.17) is 5.73 Å². The molecule has 18 heavy (non-hydrogen) atoms. The van der Waals surface area contributed by atoms with Gasteiger partial charge in [-0.25, -0.2) is 0 Å². The lowest BCUT2D eigenvalue weighted by Gasteiger charge is -2.29. The zero-order valence-electron chi connectivity index (χ0n) is 10.6. The minimum Gasteiger partial charge on any atom is -0.397 e. The van der Waals surface area contributed by atoms with E-state index in [2.05, 4.69) is 10.2 Å². The molecule has 1 amide bonds. The van der Waals surface area contributed by atoms with Gasteiger partial charge in [0.15, 0.2) is 0 Å². The Morgan fingerprint density at radius 2 is 2.17 bits per heavy atom. The third-order valence-corrected chi connectivity index (χ3v) is 3.92. The SMILES string of the molecule is CCNC(=O)c1ccc(N)c(N2CCSCC2)c1. The molecule has 0 radical (unpaired) electrons. The summed E-state index contributed by atoms with van der Waals surface area (Å²) in [5.41, 5.74) is 8.42. The number of hydrogen-bond donors (Lipinski definition) is 2. The van der Waals surface area contributed by atoms with Crippen molar-refractivity contribution in [1.82, 2.24) is 5.32 Å². The Hall–Kier alpha value is -1.36. The van der Waals surface area contributed by atoms with E-state index >= 15 is 0 Å². The Bertz CT molecular complexity index is 430. The van der Waals surface area contributed by atoms with Crippen LogP contribution < -0.4 is 16.0 Å². The maximum absolute atomic E-state index is 11.8. The summed E-state index contributed by atoms with van der Waals surface area (Å²) < 4.78 is 0. The molecule has 1 heterocycles.